The molecule has 2 amide bonds. The minimum absolute atomic E-state index is 0.252. The van der Waals surface area contributed by atoms with Gasteiger partial charge in [0.15, 0.2) is 0 Å². The van der Waals surface area contributed by atoms with Gasteiger partial charge in [-0.1, -0.05) is 88.6 Å². The first-order valence-corrected chi connectivity index (χ1v) is 12.0. The van der Waals surface area contributed by atoms with Crippen LogP contribution in [0.5, 0.6) is 0 Å². The molecule has 0 fully saturated rings. The lowest BCUT2D eigenvalue weighted by molar-refractivity contribution is -0.118. The molecule has 1 aromatic heterocycles. The van der Waals surface area contributed by atoms with Gasteiger partial charge in [-0.3, -0.25) is 14.9 Å². The lowest BCUT2D eigenvalue weighted by Crippen LogP contribution is -2.45. The minimum atomic E-state index is -0.868. The number of nitrogens with zero attached hydrogens (tertiary/aromatic N) is 2. The second kappa shape index (κ2) is 11.0. The molecule has 0 spiro atoms. The van der Waals surface area contributed by atoms with Crippen LogP contribution < -0.4 is 10.6 Å². The van der Waals surface area contributed by atoms with Crippen LogP contribution in [0.15, 0.2) is 72.8 Å². The average Bonchev–Trinajstić information content (AvgIpc) is 3.30. The van der Waals surface area contributed by atoms with Crippen molar-refractivity contribution >= 4 is 63.1 Å². The number of halogens is 3. The Morgan fingerprint density at radius 3 is 2.32 bits per heavy atom. The summed E-state index contributed by atoms with van der Waals surface area (Å²) in [6.07, 6.45) is 0.280. The third-order valence-corrected chi connectivity index (χ3v) is 6.71. The zero-order valence-corrected chi connectivity index (χ0v) is 20.6. The number of anilines is 1. The smallest absolute Gasteiger partial charge is 0.251 e. The summed E-state index contributed by atoms with van der Waals surface area (Å²) in [6, 6.07) is 20.2. The third kappa shape index (κ3) is 6.12. The maximum Gasteiger partial charge on any atom is 0.251 e. The summed E-state index contributed by atoms with van der Waals surface area (Å²) in [6.45, 7) is 0. The molecular formula is C24H17Cl3N4O2S. The van der Waals surface area contributed by atoms with Gasteiger partial charge >= 0.3 is 0 Å². The van der Waals surface area contributed by atoms with Gasteiger partial charge in [0.05, 0.1) is 10.0 Å². The summed E-state index contributed by atoms with van der Waals surface area (Å²) in [5.41, 5.74) is 2.01. The van der Waals surface area contributed by atoms with E-state index in [-0.39, 0.29) is 11.4 Å². The highest BCUT2D eigenvalue weighted by atomic mass is 35.5. The topological polar surface area (TPSA) is 84.0 Å². The van der Waals surface area contributed by atoms with Gasteiger partial charge < -0.3 is 5.32 Å². The van der Waals surface area contributed by atoms with Crippen molar-refractivity contribution in [1.29, 1.82) is 0 Å². The van der Waals surface area contributed by atoms with Gasteiger partial charge in [0.1, 0.15) is 11.0 Å². The van der Waals surface area contributed by atoms with E-state index >= 15 is 0 Å². The summed E-state index contributed by atoms with van der Waals surface area (Å²) < 4.78 is 0. The molecule has 6 nitrogen and oxygen atoms in total. The molecular weight excluding hydrogens is 515 g/mol. The van der Waals surface area contributed by atoms with Gasteiger partial charge in [-0.15, -0.1) is 10.2 Å². The Balaban J connectivity index is 1.52. The highest BCUT2D eigenvalue weighted by Crippen LogP contribution is 2.27. The van der Waals surface area contributed by atoms with Crippen LogP contribution >= 0.6 is 46.1 Å². The second-order valence-electron chi connectivity index (χ2n) is 7.25. The van der Waals surface area contributed by atoms with Crippen molar-refractivity contribution in [1.82, 2.24) is 15.5 Å². The number of rotatable bonds is 7. The lowest BCUT2D eigenvalue weighted by atomic mass is 10.0. The second-order valence-corrected chi connectivity index (χ2v) is 9.48. The highest BCUT2D eigenvalue weighted by molar-refractivity contribution is 7.18. The van der Waals surface area contributed by atoms with Crippen molar-refractivity contribution in [2.24, 2.45) is 0 Å². The van der Waals surface area contributed by atoms with Crippen LogP contribution in [0.4, 0.5) is 5.13 Å². The van der Waals surface area contributed by atoms with Crippen LogP contribution in [0.3, 0.4) is 0 Å². The van der Waals surface area contributed by atoms with Gasteiger partial charge in [-0.25, -0.2) is 0 Å². The number of carbonyl (C=O) groups excluding carboxylic acids is 2. The summed E-state index contributed by atoms with van der Waals surface area (Å²) in [5, 5.41) is 15.9. The maximum atomic E-state index is 13.1. The first kappa shape index (κ1) is 24.2. The van der Waals surface area contributed by atoms with E-state index in [4.69, 9.17) is 34.8 Å². The Morgan fingerprint density at radius 2 is 1.62 bits per heavy atom. The van der Waals surface area contributed by atoms with Gasteiger partial charge in [0.2, 0.25) is 11.0 Å². The van der Waals surface area contributed by atoms with Crippen molar-refractivity contribution < 1.29 is 9.59 Å². The molecule has 0 bridgehead atoms. The van der Waals surface area contributed by atoms with E-state index < -0.39 is 17.9 Å². The fraction of sp³-hybridized carbons (Fsp3) is 0.0833. The zero-order chi connectivity index (χ0) is 24.1. The normalized spacial score (nSPS) is 11.6. The van der Waals surface area contributed by atoms with Crippen molar-refractivity contribution in [3.63, 3.8) is 0 Å². The Labute approximate surface area is 214 Å². The molecule has 0 unspecified atom stereocenters. The SMILES string of the molecule is O=C(N[C@H](Cc1ccccc1)C(=O)Nc1nnc(-c2ccc(Cl)cc2)s1)c1ccc(Cl)c(Cl)c1. The average molecular weight is 532 g/mol. The van der Waals surface area contributed by atoms with Crippen molar-refractivity contribution in [3.8, 4) is 10.6 Å². The first-order valence-electron chi connectivity index (χ1n) is 10.1. The van der Waals surface area contributed by atoms with Crippen LogP contribution in [0.2, 0.25) is 15.1 Å². The summed E-state index contributed by atoms with van der Waals surface area (Å²) in [5.74, 6) is -0.871. The van der Waals surface area contributed by atoms with Gasteiger partial charge in [0.25, 0.3) is 5.91 Å². The molecule has 10 heteroatoms. The quantitative estimate of drug-likeness (QED) is 0.300. The molecule has 4 aromatic rings. The van der Waals surface area contributed by atoms with Gasteiger partial charge in [0, 0.05) is 22.6 Å². The molecule has 2 N–H and O–H groups in total. The van der Waals surface area contributed by atoms with Crippen LogP contribution in [-0.4, -0.2) is 28.1 Å². The number of benzene rings is 3. The fourth-order valence-corrected chi connectivity index (χ4v) is 4.29. The molecule has 0 aliphatic carbocycles. The number of hydrogen-bond donors (Lipinski definition) is 2. The summed E-state index contributed by atoms with van der Waals surface area (Å²) >= 11 is 19.1. The van der Waals surface area contributed by atoms with Crippen LogP contribution in [0.1, 0.15) is 15.9 Å². The van der Waals surface area contributed by atoms with Crippen LogP contribution in [0, 0.1) is 0 Å². The Morgan fingerprint density at radius 1 is 0.882 bits per heavy atom. The summed E-state index contributed by atoms with van der Waals surface area (Å²) in [4.78, 5) is 26.0. The highest BCUT2D eigenvalue weighted by Gasteiger charge is 2.24. The molecule has 4 rings (SSSR count). The molecule has 0 aliphatic heterocycles. The molecule has 0 aliphatic rings. The van der Waals surface area contributed by atoms with E-state index in [1.807, 2.05) is 42.5 Å². The van der Waals surface area contributed by atoms with Crippen LogP contribution in [-0.2, 0) is 11.2 Å². The predicted molar refractivity (Wildman–Crippen MR) is 137 cm³/mol. The number of aromatic nitrogens is 2. The molecule has 3 aromatic carbocycles. The Kier molecular flexibility index (Phi) is 7.80. The van der Waals surface area contributed by atoms with E-state index in [0.29, 0.717) is 25.7 Å². The van der Waals surface area contributed by atoms with E-state index in [0.717, 1.165) is 11.1 Å². The van der Waals surface area contributed by atoms with E-state index in [2.05, 4.69) is 20.8 Å². The molecule has 0 saturated heterocycles. The maximum absolute atomic E-state index is 13.1. The van der Waals surface area contributed by atoms with E-state index in [1.165, 1.54) is 23.5 Å². The molecule has 172 valence electrons. The standard InChI is InChI=1S/C24H17Cl3N4O2S/c25-17-9-6-15(7-10-17)23-30-31-24(34-23)29-22(33)20(12-14-4-2-1-3-5-14)28-21(32)16-8-11-18(26)19(27)13-16/h1-11,13,20H,12H2,(H,28,32)(H,29,31,33)/t20-/m1/s1. The van der Waals surface area contributed by atoms with Crippen LogP contribution in [0.25, 0.3) is 10.6 Å². The predicted octanol–water partition coefficient (Wildman–Crippen LogP) is 6.15. The molecule has 0 saturated carbocycles. The monoisotopic (exact) mass is 530 g/mol. The van der Waals surface area contributed by atoms with Gasteiger partial charge in [-0.05, 0) is 35.9 Å². The molecule has 0 radical (unpaired) electrons. The minimum Gasteiger partial charge on any atom is -0.340 e. The fourth-order valence-electron chi connectivity index (χ4n) is 3.11. The zero-order valence-electron chi connectivity index (χ0n) is 17.5. The van der Waals surface area contributed by atoms with Crippen molar-refractivity contribution in [2.75, 3.05) is 5.32 Å². The molecule has 1 atom stereocenters. The van der Waals surface area contributed by atoms with Crippen molar-refractivity contribution in [2.45, 2.75) is 12.5 Å². The number of amides is 2. The van der Waals surface area contributed by atoms with E-state index in [1.54, 1.807) is 18.2 Å². The Hall–Kier alpha value is -2.97. The van der Waals surface area contributed by atoms with Crippen molar-refractivity contribution in [3.05, 3.63) is 99.0 Å². The number of carbonyl (C=O) groups is 2. The molecule has 34 heavy (non-hydrogen) atoms. The first-order chi connectivity index (χ1) is 16.4. The van der Waals surface area contributed by atoms with Gasteiger partial charge in [-0.2, -0.15) is 0 Å². The number of nitrogens with one attached hydrogen (secondary N) is 2. The third-order valence-electron chi connectivity index (χ3n) is 4.83. The summed E-state index contributed by atoms with van der Waals surface area (Å²) in [7, 11) is 0. The largest absolute Gasteiger partial charge is 0.340 e. The van der Waals surface area contributed by atoms with E-state index in [9.17, 15) is 9.59 Å². The lowest BCUT2D eigenvalue weighted by Gasteiger charge is -2.18. The molecule has 1 heterocycles. The number of hydrogen-bond acceptors (Lipinski definition) is 5. The Bertz CT molecular complexity index is 1310.